The summed E-state index contributed by atoms with van der Waals surface area (Å²) < 4.78 is 26.1. The Labute approximate surface area is 139 Å². The Kier molecular flexibility index (Phi) is 5.61. The lowest BCUT2D eigenvalue weighted by atomic mass is 10.1. The molecule has 2 rings (SSSR count). The van der Waals surface area contributed by atoms with Gasteiger partial charge in [0.15, 0.2) is 0 Å². The predicted molar refractivity (Wildman–Crippen MR) is 87.0 cm³/mol. The second-order valence-corrected chi connectivity index (χ2v) is 6.04. The lowest BCUT2D eigenvalue weighted by Gasteiger charge is -2.12. The van der Waals surface area contributed by atoms with Gasteiger partial charge < -0.3 is 15.2 Å². The van der Waals surface area contributed by atoms with Gasteiger partial charge in [0, 0.05) is 12.1 Å². The average Bonchev–Trinajstić information content (AvgIpc) is 2.49. The van der Waals surface area contributed by atoms with Gasteiger partial charge in [-0.1, -0.05) is 6.07 Å². The number of halogens is 3. The van der Waals surface area contributed by atoms with Crippen LogP contribution in [0.4, 0.5) is 4.39 Å². The van der Waals surface area contributed by atoms with E-state index in [0.717, 1.165) is 14.5 Å². The first-order valence-electron chi connectivity index (χ1n) is 6.18. The van der Waals surface area contributed by atoms with Crippen LogP contribution < -0.4 is 15.2 Å². The zero-order valence-electron chi connectivity index (χ0n) is 11.3. The van der Waals surface area contributed by atoms with Gasteiger partial charge in [-0.2, -0.15) is 0 Å². The quantitative estimate of drug-likeness (QED) is 0.782. The van der Waals surface area contributed by atoms with Crippen LogP contribution in [-0.4, -0.2) is 7.11 Å². The van der Waals surface area contributed by atoms with Crippen molar-refractivity contribution in [2.45, 2.75) is 13.2 Å². The number of rotatable bonds is 5. The van der Waals surface area contributed by atoms with Crippen LogP contribution in [0, 0.1) is 5.82 Å². The van der Waals surface area contributed by atoms with Crippen LogP contribution in [0.15, 0.2) is 39.3 Å². The van der Waals surface area contributed by atoms with Crippen LogP contribution >= 0.6 is 31.9 Å². The molecule has 0 heterocycles. The lowest BCUT2D eigenvalue weighted by molar-refractivity contribution is 0.296. The van der Waals surface area contributed by atoms with Crippen LogP contribution in [0.2, 0.25) is 0 Å². The number of nitrogens with two attached hydrogens (primary N) is 1. The van der Waals surface area contributed by atoms with Crippen LogP contribution in [0.1, 0.15) is 11.1 Å². The van der Waals surface area contributed by atoms with E-state index in [-0.39, 0.29) is 12.4 Å². The molecule has 0 spiro atoms. The molecule has 0 bridgehead atoms. The van der Waals surface area contributed by atoms with Gasteiger partial charge in [-0.15, -0.1) is 0 Å². The molecule has 0 saturated heterocycles. The molecule has 0 aliphatic rings. The van der Waals surface area contributed by atoms with E-state index in [0.29, 0.717) is 23.6 Å². The lowest BCUT2D eigenvalue weighted by Crippen LogP contribution is -2.03. The van der Waals surface area contributed by atoms with Crippen molar-refractivity contribution >= 4 is 31.9 Å². The molecule has 2 aromatic rings. The smallest absolute Gasteiger partial charge is 0.135 e. The highest BCUT2D eigenvalue weighted by molar-refractivity contribution is 9.11. The minimum absolute atomic E-state index is 0.122. The van der Waals surface area contributed by atoms with E-state index in [9.17, 15) is 4.39 Å². The van der Waals surface area contributed by atoms with Crippen molar-refractivity contribution < 1.29 is 13.9 Å². The molecule has 3 nitrogen and oxygen atoms in total. The molecular weight excluding hydrogens is 405 g/mol. The highest BCUT2D eigenvalue weighted by Crippen LogP contribution is 2.36. The van der Waals surface area contributed by atoms with Crippen LogP contribution in [0.5, 0.6) is 11.5 Å². The molecule has 0 saturated carbocycles. The fourth-order valence-corrected chi connectivity index (χ4v) is 2.72. The van der Waals surface area contributed by atoms with Gasteiger partial charge in [0.2, 0.25) is 0 Å². The summed E-state index contributed by atoms with van der Waals surface area (Å²) in [6.45, 7) is 0.488. The van der Waals surface area contributed by atoms with Gasteiger partial charge in [-0.25, -0.2) is 4.39 Å². The van der Waals surface area contributed by atoms with Crippen molar-refractivity contribution in [1.82, 2.24) is 0 Å². The minimum Gasteiger partial charge on any atom is -0.496 e. The van der Waals surface area contributed by atoms with E-state index in [2.05, 4.69) is 31.9 Å². The monoisotopic (exact) mass is 417 g/mol. The van der Waals surface area contributed by atoms with Crippen molar-refractivity contribution in [3.05, 3.63) is 56.2 Å². The molecule has 2 aromatic carbocycles. The first-order valence-corrected chi connectivity index (χ1v) is 7.77. The van der Waals surface area contributed by atoms with Gasteiger partial charge in [0.1, 0.15) is 23.9 Å². The van der Waals surface area contributed by atoms with E-state index in [1.54, 1.807) is 31.4 Å². The van der Waals surface area contributed by atoms with Gasteiger partial charge in [0.25, 0.3) is 0 Å². The van der Waals surface area contributed by atoms with Crippen molar-refractivity contribution in [2.75, 3.05) is 7.11 Å². The molecule has 0 fully saturated rings. The zero-order valence-corrected chi connectivity index (χ0v) is 14.5. The Hall–Kier alpha value is -1.11. The maximum absolute atomic E-state index is 13.7. The van der Waals surface area contributed by atoms with Gasteiger partial charge in [-0.3, -0.25) is 0 Å². The van der Waals surface area contributed by atoms with Gasteiger partial charge in [0.05, 0.1) is 16.1 Å². The van der Waals surface area contributed by atoms with E-state index in [4.69, 9.17) is 15.2 Å². The Bertz CT molecular complexity index is 650. The fraction of sp³-hybridized carbons (Fsp3) is 0.200. The van der Waals surface area contributed by atoms with Crippen LogP contribution in [0.3, 0.4) is 0 Å². The maximum atomic E-state index is 13.7. The standard InChI is InChI=1S/C15H14Br2FNO2/c1-20-14-5-12(17)15(6-11(14)16)21-8-10-4-9(7-19)2-3-13(10)18/h2-6H,7-8,19H2,1H3. The molecule has 112 valence electrons. The molecule has 2 N–H and O–H groups in total. The number of hydrogen-bond donors (Lipinski definition) is 1. The van der Waals surface area contributed by atoms with Gasteiger partial charge >= 0.3 is 0 Å². The molecule has 0 aliphatic heterocycles. The number of methoxy groups -OCH3 is 1. The molecule has 0 atom stereocenters. The summed E-state index contributed by atoms with van der Waals surface area (Å²) in [6.07, 6.45) is 0. The molecule has 21 heavy (non-hydrogen) atoms. The van der Waals surface area contributed by atoms with Crippen LogP contribution in [-0.2, 0) is 13.2 Å². The Balaban J connectivity index is 2.18. The average molecular weight is 419 g/mol. The van der Waals surface area contributed by atoms with E-state index >= 15 is 0 Å². The van der Waals surface area contributed by atoms with Crippen molar-refractivity contribution in [2.24, 2.45) is 5.73 Å². The summed E-state index contributed by atoms with van der Waals surface area (Å²) in [7, 11) is 1.58. The molecule has 6 heteroatoms. The second kappa shape index (κ2) is 7.24. The normalized spacial score (nSPS) is 10.5. The number of ether oxygens (including phenoxy) is 2. The molecule has 0 amide bonds. The largest absolute Gasteiger partial charge is 0.496 e. The maximum Gasteiger partial charge on any atom is 0.135 e. The summed E-state index contributed by atoms with van der Waals surface area (Å²) in [6, 6.07) is 8.33. The Morgan fingerprint density at radius 2 is 1.76 bits per heavy atom. The fourth-order valence-electron chi connectivity index (χ4n) is 1.80. The third-order valence-electron chi connectivity index (χ3n) is 2.94. The Morgan fingerprint density at radius 3 is 2.43 bits per heavy atom. The molecule has 0 aliphatic carbocycles. The van der Waals surface area contributed by atoms with E-state index < -0.39 is 0 Å². The number of benzene rings is 2. The van der Waals surface area contributed by atoms with Gasteiger partial charge in [-0.05, 0) is 61.7 Å². The highest BCUT2D eigenvalue weighted by Gasteiger charge is 2.10. The topological polar surface area (TPSA) is 44.5 Å². The summed E-state index contributed by atoms with van der Waals surface area (Å²) in [5, 5.41) is 0. The van der Waals surface area contributed by atoms with Crippen molar-refractivity contribution in [3.8, 4) is 11.5 Å². The molecule has 0 radical (unpaired) electrons. The van der Waals surface area contributed by atoms with E-state index in [1.807, 2.05) is 0 Å². The third kappa shape index (κ3) is 3.96. The predicted octanol–water partition coefficient (Wildman–Crippen LogP) is 4.40. The van der Waals surface area contributed by atoms with Crippen molar-refractivity contribution in [1.29, 1.82) is 0 Å². The third-order valence-corrected chi connectivity index (χ3v) is 4.17. The molecule has 0 aromatic heterocycles. The summed E-state index contributed by atoms with van der Waals surface area (Å²) in [5.41, 5.74) is 6.90. The molecular formula is C15H14Br2FNO2. The highest BCUT2D eigenvalue weighted by atomic mass is 79.9. The number of hydrogen-bond acceptors (Lipinski definition) is 3. The molecule has 0 unspecified atom stereocenters. The summed E-state index contributed by atoms with van der Waals surface area (Å²) in [4.78, 5) is 0. The Morgan fingerprint density at radius 1 is 1.10 bits per heavy atom. The zero-order chi connectivity index (χ0) is 15.4. The first-order chi connectivity index (χ1) is 10.0. The second-order valence-electron chi connectivity index (χ2n) is 4.34. The first kappa shape index (κ1) is 16.3. The van der Waals surface area contributed by atoms with E-state index in [1.165, 1.54) is 6.07 Å². The van der Waals surface area contributed by atoms with Crippen LogP contribution in [0.25, 0.3) is 0 Å². The summed E-state index contributed by atoms with van der Waals surface area (Å²) >= 11 is 6.79. The minimum atomic E-state index is -0.309. The van der Waals surface area contributed by atoms with Crippen molar-refractivity contribution in [3.63, 3.8) is 0 Å². The SMILES string of the molecule is COc1cc(Br)c(OCc2cc(CN)ccc2F)cc1Br. The summed E-state index contributed by atoms with van der Waals surface area (Å²) in [5.74, 6) is 0.974.